The molecule has 0 atom stereocenters. The van der Waals surface area contributed by atoms with Gasteiger partial charge in [0.2, 0.25) is 11.8 Å². The molecule has 1 saturated heterocycles. The normalized spacial score (nSPS) is 15.1. The van der Waals surface area contributed by atoms with E-state index in [0.717, 1.165) is 0 Å². The van der Waals surface area contributed by atoms with Gasteiger partial charge in [-0.15, -0.1) is 0 Å². The molecule has 1 aromatic carbocycles. The number of benzene rings is 1. The van der Waals surface area contributed by atoms with Crippen LogP contribution in [0.5, 0.6) is 0 Å². The van der Waals surface area contributed by atoms with Crippen molar-refractivity contribution in [1.82, 2.24) is 15.0 Å². The number of nitrogens with one attached hydrogen (secondary N) is 1. The van der Waals surface area contributed by atoms with Gasteiger partial charge in [0.15, 0.2) is 0 Å². The molecular formula is C17H18Cl2N4O3. The van der Waals surface area contributed by atoms with Gasteiger partial charge in [-0.1, -0.05) is 28.4 Å². The Morgan fingerprint density at radius 3 is 2.54 bits per heavy atom. The summed E-state index contributed by atoms with van der Waals surface area (Å²) in [6, 6.07) is 6.49. The Balaban J connectivity index is 1.50. The molecule has 7 nitrogen and oxygen atoms in total. The van der Waals surface area contributed by atoms with Crippen molar-refractivity contribution in [3.63, 3.8) is 0 Å². The van der Waals surface area contributed by atoms with E-state index in [1.165, 1.54) is 0 Å². The fourth-order valence-corrected chi connectivity index (χ4v) is 3.23. The number of halogens is 2. The molecule has 0 radical (unpaired) electrons. The Labute approximate surface area is 160 Å². The molecule has 1 aliphatic heterocycles. The molecule has 1 N–H and O–H groups in total. The summed E-state index contributed by atoms with van der Waals surface area (Å²) in [6.45, 7) is 4.24. The topological polar surface area (TPSA) is 78.7 Å². The van der Waals surface area contributed by atoms with Gasteiger partial charge < -0.3 is 9.42 Å². The number of hydrogen-bond donors (Lipinski definition) is 1. The van der Waals surface area contributed by atoms with Crippen LogP contribution in [0.15, 0.2) is 28.8 Å². The van der Waals surface area contributed by atoms with Crippen molar-refractivity contribution in [3.05, 3.63) is 45.6 Å². The zero-order valence-corrected chi connectivity index (χ0v) is 15.7. The number of rotatable bonds is 4. The molecule has 26 heavy (non-hydrogen) atoms. The summed E-state index contributed by atoms with van der Waals surface area (Å²) < 4.78 is 4.97. The van der Waals surface area contributed by atoms with Crippen LogP contribution in [0.3, 0.4) is 0 Å². The third kappa shape index (κ3) is 4.55. The minimum Gasteiger partial charge on any atom is -0.338 e. The number of piperazine rings is 1. The van der Waals surface area contributed by atoms with E-state index in [2.05, 4.69) is 10.5 Å². The highest BCUT2D eigenvalue weighted by Crippen LogP contribution is 2.22. The molecule has 3 rings (SSSR count). The second-order valence-corrected chi connectivity index (χ2v) is 6.92. The Hall–Kier alpha value is -2.09. The summed E-state index contributed by atoms with van der Waals surface area (Å²) in [4.78, 5) is 28.3. The molecule has 1 fully saturated rings. The summed E-state index contributed by atoms with van der Waals surface area (Å²) in [5, 5.41) is 7.21. The van der Waals surface area contributed by atoms with Gasteiger partial charge in [0.1, 0.15) is 0 Å². The van der Waals surface area contributed by atoms with Crippen LogP contribution in [0.2, 0.25) is 10.0 Å². The Kier molecular flexibility index (Phi) is 5.80. The van der Waals surface area contributed by atoms with E-state index in [9.17, 15) is 9.59 Å². The molecule has 0 unspecified atom stereocenters. The average molecular weight is 397 g/mol. The largest absolute Gasteiger partial charge is 0.338 e. The molecule has 2 amide bonds. The number of carbonyl (C=O) groups excluding carboxylic acids is 2. The third-order valence-corrected chi connectivity index (χ3v) is 4.63. The first-order chi connectivity index (χ1) is 12.4. The van der Waals surface area contributed by atoms with Crippen molar-refractivity contribution in [2.45, 2.75) is 6.92 Å². The first kappa shape index (κ1) is 18.7. The van der Waals surface area contributed by atoms with Crippen LogP contribution in [-0.4, -0.2) is 59.5 Å². The van der Waals surface area contributed by atoms with Gasteiger partial charge in [0.05, 0.1) is 22.8 Å². The van der Waals surface area contributed by atoms with E-state index in [1.54, 1.807) is 36.1 Å². The van der Waals surface area contributed by atoms with E-state index in [0.29, 0.717) is 53.4 Å². The van der Waals surface area contributed by atoms with Gasteiger partial charge in [-0.2, -0.15) is 0 Å². The standard InChI is InChI=1S/C17H18Cl2N4O3/c1-11-8-16(26-21-11)20-15(24)10-22-4-6-23(7-5-22)17(25)13-3-2-12(18)9-14(13)19/h2-3,8-9H,4-7,10H2,1H3,(H,20,24). The zero-order chi connectivity index (χ0) is 18.7. The van der Waals surface area contributed by atoms with Gasteiger partial charge in [-0.05, 0) is 25.1 Å². The van der Waals surface area contributed by atoms with E-state index < -0.39 is 0 Å². The lowest BCUT2D eigenvalue weighted by Gasteiger charge is -2.34. The van der Waals surface area contributed by atoms with Crippen molar-refractivity contribution >= 4 is 40.9 Å². The Bertz CT molecular complexity index is 816. The monoisotopic (exact) mass is 396 g/mol. The van der Waals surface area contributed by atoms with E-state index in [4.69, 9.17) is 27.7 Å². The SMILES string of the molecule is Cc1cc(NC(=O)CN2CCN(C(=O)c3ccc(Cl)cc3Cl)CC2)on1. The van der Waals surface area contributed by atoms with Crippen molar-refractivity contribution in [2.24, 2.45) is 0 Å². The molecule has 2 aromatic rings. The first-order valence-corrected chi connectivity index (χ1v) is 8.88. The maximum Gasteiger partial charge on any atom is 0.255 e. The van der Waals surface area contributed by atoms with Crippen LogP contribution in [0.1, 0.15) is 16.1 Å². The highest BCUT2D eigenvalue weighted by Gasteiger charge is 2.24. The third-order valence-electron chi connectivity index (χ3n) is 4.08. The van der Waals surface area contributed by atoms with Crippen LogP contribution in [0, 0.1) is 6.92 Å². The quantitative estimate of drug-likeness (QED) is 0.859. The fourth-order valence-electron chi connectivity index (χ4n) is 2.74. The molecular weight excluding hydrogens is 379 g/mol. The number of carbonyl (C=O) groups is 2. The van der Waals surface area contributed by atoms with Gasteiger partial charge in [-0.25, -0.2) is 0 Å². The van der Waals surface area contributed by atoms with E-state index in [1.807, 2.05) is 4.90 Å². The van der Waals surface area contributed by atoms with Gasteiger partial charge >= 0.3 is 0 Å². The number of nitrogens with zero attached hydrogens (tertiary/aromatic N) is 3. The fraction of sp³-hybridized carbons (Fsp3) is 0.353. The van der Waals surface area contributed by atoms with Gasteiger partial charge in [0, 0.05) is 37.3 Å². The summed E-state index contributed by atoms with van der Waals surface area (Å²) in [5.41, 5.74) is 1.14. The maximum atomic E-state index is 12.6. The summed E-state index contributed by atoms with van der Waals surface area (Å²) in [6.07, 6.45) is 0. The highest BCUT2D eigenvalue weighted by molar-refractivity contribution is 6.36. The number of anilines is 1. The van der Waals surface area contributed by atoms with Crippen molar-refractivity contribution in [2.75, 3.05) is 38.0 Å². The second-order valence-electron chi connectivity index (χ2n) is 6.07. The van der Waals surface area contributed by atoms with Crippen molar-refractivity contribution in [1.29, 1.82) is 0 Å². The number of hydrogen-bond acceptors (Lipinski definition) is 5. The predicted molar refractivity (Wildman–Crippen MR) is 98.7 cm³/mol. The molecule has 1 aromatic heterocycles. The average Bonchev–Trinajstić information content (AvgIpc) is 2.99. The number of amides is 2. The number of aryl methyl sites for hydroxylation is 1. The Morgan fingerprint density at radius 2 is 1.92 bits per heavy atom. The lowest BCUT2D eigenvalue weighted by Crippen LogP contribution is -2.50. The molecule has 9 heteroatoms. The van der Waals surface area contributed by atoms with Crippen LogP contribution < -0.4 is 5.32 Å². The predicted octanol–water partition coefficient (Wildman–Crippen LogP) is 2.69. The molecule has 138 valence electrons. The summed E-state index contributed by atoms with van der Waals surface area (Å²) >= 11 is 12.0. The van der Waals surface area contributed by atoms with E-state index >= 15 is 0 Å². The summed E-state index contributed by atoms with van der Waals surface area (Å²) in [7, 11) is 0. The van der Waals surface area contributed by atoms with Crippen molar-refractivity contribution < 1.29 is 14.1 Å². The van der Waals surface area contributed by atoms with E-state index in [-0.39, 0.29) is 18.4 Å². The second kappa shape index (κ2) is 8.07. The molecule has 0 spiro atoms. The van der Waals surface area contributed by atoms with Crippen LogP contribution in [-0.2, 0) is 4.79 Å². The maximum absolute atomic E-state index is 12.6. The van der Waals surface area contributed by atoms with Crippen LogP contribution in [0.25, 0.3) is 0 Å². The smallest absolute Gasteiger partial charge is 0.255 e. The van der Waals surface area contributed by atoms with Crippen LogP contribution in [0.4, 0.5) is 5.88 Å². The zero-order valence-electron chi connectivity index (χ0n) is 14.2. The highest BCUT2D eigenvalue weighted by atomic mass is 35.5. The molecule has 0 saturated carbocycles. The van der Waals surface area contributed by atoms with Gasteiger partial charge in [0.25, 0.3) is 5.91 Å². The molecule has 0 aliphatic carbocycles. The lowest BCUT2D eigenvalue weighted by atomic mass is 10.1. The Morgan fingerprint density at radius 1 is 1.19 bits per heavy atom. The lowest BCUT2D eigenvalue weighted by molar-refractivity contribution is -0.117. The minimum atomic E-state index is -0.179. The molecule has 0 bridgehead atoms. The summed E-state index contributed by atoms with van der Waals surface area (Å²) in [5.74, 6) is 0.0215. The molecule has 1 aliphatic rings. The molecule has 2 heterocycles. The van der Waals surface area contributed by atoms with Gasteiger partial charge in [-0.3, -0.25) is 19.8 Å². The first-order valence-electron chi connectivity index (χ1n) is 8.12. The minimum absolute atomic E-state index is 0.132. The van der Waals surface area contributed by atoms with Crippen LogP contribution >= 0.6 is 23.2 Å². The number of aromatic nitrogens is 1. The van der Waals surface area contributed by atoms with Crippen molar-refractivity contribution in [3.8, 4) is 0 Å².